The average Bonchev–Trinajstić information content (AvgIpc) is 2.87. The molecule has 1 aliphatic heterocycles. The lowest BCUT2D eigenvalue weighted by atomic mass is 10.6. The first-order valence-corrected chi connectivity index (χ1v) is 5.36. The summed E-state index contributed by atoms with van der Waals surface area (Å²) in [7, 11) is -0.359. The minimum atomic E-state index is -0.631. The molecule has 2 heterocycles. The molecular weight excluding hydrogens is 202 g/mol. The lowest BCUT2D eigenvalue weighted by molar-refractivity contribution is 0.0624. The number of nitrogens with one attached hydrogen (secondary N) is 2. The number of hydrogen-bond acceptors (Lipinski definition) is 4. The zero-order valence-electron chi connectivity index (χ0n) is 7.38. The summed E-state index contributed by atoms with van der Waals surface area (Å²) < 4.78 is 7.02. The normalized spacial score (nSPS) is 23.1. The number of aromatic amines is 1. The summed E-state index contributed by atoms with van der Waals surface area (Å²) in [6.45, 7) is 0.825. The first-order chi connectivity index (χ1) is 6.86. The van der Waals surface area contributed by atoms with Crippen molar-refractivity contribution in [2.45, 2.75) is 6.23 Å². The van der Waals surface area contributed by atoms with Crippen LogP contribution < -0.4 is 10.5 Å². The van der Waals surface area contributed by atoms with Gasteiger partial charge in [-0.25, -0.2) is 14.5 Å². The van der Waals surface area contributed by atoms with Gasteiger partial charge in [0.25, 0.3) is 0 Å². The molecule has 0 aromatic carbocycles. The highest BCUT2D eigenvalue weighted by atomic mass is 32.2. The fourth-order valence-corrected chi connectivity index (χ4v) is 1.88. The van der Waals surface area contributed by atoms with Crippen molar-refractivity contribution in [3.8, 4) is 0 Å². The molecule has 0 amide bonds. The Hall–Kier alpha value is -1.02. The Morgan fingerprint density at radius 2 is 2.64 bits per heavy atom. The van der Waals surface area contributed by atoms with E-state index in [0.29, 0.717) is 5.82 Å². The van der Waals surface area contributed by atoms with E-state index in [4.69, 9.17) is 10.6 Å². The SMILES string of the molecule is NC(O/N=S1\C=CCN1)c1ncc[nH]1. The number of nitrogens with zero attached hydrogens (tertiary/aromatic N) is 2. The van der Waals surface area contributed by atoms with E-state index in [1.807, 2.05) is 11.5 Å². The van der Waals surface area contributed by atoms with Crippen LogP contribution in [0.1, 0.15) is 12.1 Å². The van der Waals surface area contributed by atoms with Crippen molar-refractivity contribution in [1.29, 1.82) is 0 Å². The van der Waals surface area contributed by atoms with Gasteiger partial charge in [-0.2, -0.15) is 0 Å². The molecule has 7 heteroatoms. The highest BCUT2D eigenvalue weighted by molar-refractivity contribution is 7.88. The Balaban J connectivity index is 1.92. The second kappa shape index (κ2) is 4.47. The minimum Gasteiger partial charge on any atom is -0.345 e. The van der Waals surface area contributed by atoms with Gasteiger partial charge >= 0.3 is 0 Å². The second-order valence-electron chi connectivity index (χ2n) is 2.61. The molecule has 1 aliphatic rings. The van der Waals surface area contributed by atoms with Gasteiger partial charge in [0, 0.05) is 29.8 Å². The quantitative estimate of drug-likeness (QED) is 0.492. The van der Waals surface area contributed by atoms with Gasteiger partial charge in [0.1, 0.15) is 0 Å². The monoisotopic (exact) mass is 213 g/mol. The van der Waals surface area contributed by atoms with E-state index >= 15 is 0 Å². The van der Waals surface area contributed by atoms with Crippen LogP contribution in [0.2, 0.25) is 0 Å². The summed E-state index contributed by atoms with van der Waals surface area (Å²) in [5, 5.41) is 1.94. The molecule has 0 saturated heterocycles. The van der Waals surface area contributed by atoms with Crippen molar-refractivity contribution in [2.24, 2.45) is 10.3 Å². The molecule has 0 aliphatic carbocycles. The first kappa shape index (κ1) is 9.53. The Kier molecular flexibility index (Phi) is 3.04. The molecule has 1 aromatic rings. The van der Waals surface area contributed by atoms with E-state index in [-0.39, 0.29) is 10.9 Å². The van der Waals surface area contributed by atoms with Crippen LogP contribution in [0.4, 0.5) is 0 Å². The van der Waals surface area contributed by atoms with Gasteiger partial charge < -0.3 is 4.98 Å². The second-order valence-corrected chi connectivity index (χ2v) is 3.95. The number of nitrogens with two attached hydrogens (primary N) is 1. The van der Waals surface area contributed by atoms with Crippen LogP contribution in [0.15, 0.2) is 28.4 Å². The van der Waals surface area contributed by atoms with E-state index in [0.717, 1.165) is 6.54 Å². The predicted molar refractivity (Wildman–Crippen MR) is 53.5 cm³/mol. The third-order valence-electron chi connectivity index (χ3n) is 1.60. The molecular formula is C7H11N5OS. The zero-order chi connectivity index (χ0) is 9.80. The van der Waals surface area contributed by atoms with Crippen LogP contribution in [-0.2, 0) is 15.7 Å². The maximum Gasteiger partial charge on any atom is 0.195 e. The van der Waals surface area contributed by atoms with E-state index in [9.17, 15) is 0 Å². The summed E-state index contributed by atoms with van der Waals surface area (Å²) in [5.74, 6) is 0.570. The molecule has 6 nitrogen and oxygen atoms in total. The maximum absolute atomic E-state index is 5.66. The van der Waals surface area contributed by atoms with Crippen LogP contribution in [0.5, 0.6) is 0 Å². The van der Waals surface area contributed by atoms with Crippen molar-refractivity contribution in [1.82, 2.24) is 14.7 Å². The molecule has 0 fully saturated rings. The van der Waals surface area contributed by atoms with Gasteiger partial charge in [-0.3, -0.25) is 5.73 Å². The molecule has 76 valence electrons. The predicted octanol–water partition coefficient (Wildman–Crippen LogP) is 0.132. The van der Waals surface area contributed by atoms with Crippen LogP contribution in [0.25, 0.3) is 0 Å². The Morgan fingerprint density at radius 1 is 1.71 bits per heavy atom. The summed E-state index contributed by atoms with van der Waals surface area (Å²) >= 11 is 0. The van der Waals surface area contributed by atoms with Gasteiger partial charge in [-0.15, -0.1) is 0 Å². The zero-order valence-corrected chi connectivity index (χ0v) is 8.20. The fraction of sp³-hybridized carbons (Fsp3) is 0.286. The van der Waals surface area contributed by atoms with Gasteiger partial charge in [-0.1, -0.05) is 10.6 Å². The van der Waals surface area contributed by atoms with E-state index in [1.165, 1.54) is 0 Å². The topological polar surface area (TPSA) is 88.3 Å². The smallest absolute Gasteiger partial charge is 0.195 e. The van der Waals surface area contributed by atoms with Crippen LogP contribution in [0.3, 0.4) is 0 Å². The molecule has 14 heavy (non-hydrogen) atoms. The maximum atomic E-state index is 5.66. The Morgan fingerprint density at radius 3 is 3.29 bits per heavy atom. The lowest BCUT2D eigenvalue weighted by Gasteiger charge is -2.05. The van der Waals surface area contributed by atoms with E-state index in [2.05, 4.69) is 19.2 Å². The summed E-state index contributed by atoms with van der Waals surface area (Å²) in [4.78, 5) is 11.9. The van der Waals surface area contributed by atoms with Gasteiger partial charge in [0.2, 0.25) is 0 Å². The minimum absolute atomic E-state index is 0.359. The van der Waals surface area contributed by atoms with E-state index in [1.54, 1.807) is 12.4 Å². The molecule has 2 atom stereocenters. The van der Waals surface area contributed by atoms with Crippen molar-refractivity contribution in [3.63, 3.8) is 0 Å². The van der Waals surface area contributed by atoms with Gasteiger partial charge in [-0.05, 0) is 5.41 Å². The summed E-state index contributed by atoms with van der Waals surface area (Å²) in [6, 6.07) is 0. The molecule has 0 spiro atoms. The largest absolute Gasteiger partial charge is 0.345 e. The molecule has 2 unspecified atom stereocenters. The molecule has 0 radical (unpaired) electrons. The van der Waals surface area contributed by atoms with Crippen LogP contribution in [-0.4, -0.2) is 16.5 Å². The van der Waals surface area contributed by atoms with E-state index < -0.39 is 6.23 Å². The highest BCUT2D eigenvalue weighted by Gasteiger charge is 2.08. The van der Waals surface area contributed by atoms with Crippen molar-refractivity contribution in [3.05, 3.63) is 29.7 Å². The molecule has 1 aromatic heterocycles. The number of imidazole rings is 1. The number of hydrogen-bond donors (Lipinski definition) is 3. The molecule has 0 bridgehead atoms. The molecule has 2 rings (SSSR count). The first-order valence-electron chi connectivity index (χ1n) is 4.11. The standard InChI is InChI=1S/C7H11N5OS/c8-6(7-9-3-4-10-7)13-12-14-5-1-2-11-14/h1,3-6H,2,8H2,(H,9,10)(H,11,12). The molecule has 4 N–H and O–H groups in total. The number of aromatic nitrogens is 2. The number of H-pyrrole nitrogens is 1. The third kappa shape index (κ3) is 2.26. The number of rotatable bonds is 3. The van der Waals surface area contributed by atoms with Crippen LogP contribution in [0, 0.1) is 0 Å². The summed E-state index contributed by atoms with van der Waals surface area (Å²) in [5.41, 5.74) is 5.66. The van der Waals surface area contributed by atoms with Crippen LogP contribution >= 0.6 is 0 Å². The average molecular weight is 213 g/mol. The van der Waals surface area contributed by atoms with Crippen molar-refractivity contribution in [2.75, 3.05) is 6.54 Å². The third-order valence-corrected chi connectivity index (χ3v) is 2.76. The molecule has 0 saturated carbocycles. The van der Waals surface area contributed by atoms with Gasteiger partial charge in [0.05, 0.1) is 0 Å². The van der Waals surface area contributed by atoms with Crippen molar-refractivity contribution < 1.29 is 4.84 Å². The summed E-state index contributed by atoms with van der Waals surface area (Å²) in [6.07, 6.45) is 4.67. The van der Waals surface area contributed by atoms with Crippen molar-refractivity contribution >= 4 is 10.9 Å². The fourth-order valence-electron chi connectivity index (χ4n) is 0.948. The Bertz CT molecular complexity index is 347. The Labute approximate surface area is 83.7 Å². The highest BCUT2D eigenvalue weighted by Crippen LogP contribution is 2.06. The lowest BCUT2D eigenvalue weighted by Crippen LogP contribution is -2.15. The van der Waals surface area contributed by atoms with Gasteiger partial charge in [0.15, 0.2) is 12.1 Å².